The molecular weight excluding hydrogens is 379 g/mol. The van der Waals surface area contributed by atoms with Crippen LogP contribution in [0.1, 0.15) is 30.9 Å². The maximum Gasteiger partial charge on any atom is 0.247 e. The highest BCUT2D eigenvalue weighted by Gasteiger charge is 2.30. The molecule has 0 unspecified atom stereocenters. The second-order valence-corrected chi connectivity index (χ2v) is 7.45. The number of rotatable bonds is 7. The van der Waals surface area contributed by atoms with E-state index in [1.54, 1.807) is 12.1 Å². The first kappa shape index (κ1) is 21.2. The highest BCUT2D eigenvalue weighted by Crippen LogP contribution is 2.25. The minimum absolute atomic E-state index is 0.0880. The Hall–Kier alpha value is -3.47. The van der Waals surface area contributed by atoms with Crippen LogP contribution in [0.15, 0.2) is 84.9 Å². The molecule has 0 saturated carbocycles. The minimum atomic E-state index is -0.813. The summed E-state index contributed by atoms with van der Waals surface area (Å²) in [5.74, 6) is -2.01. The Balaban J connectivity index is 1.85. The smallest absolute Gasteiger partial charge is 0.247 e. The van der Waals surface area contributed by atoms with Gasteiger partial charge < -0.3 is 10.6 Å². The molecule has 0 aliphatic carbocycles. The Morgan fingerprint density at radius 2 is 1.23 bits per heavy atom. The summed E-state index contributed by atoms with van der Waals surface area (Å²) in [5, 5.41) is 5.47. The maximum atomic E-state index is 13.9. The predicted octanol–water partition coefficient (Wildman–Crippen LogP) is 4.74. The number of hydrogen-bond acceptors (Lipinski definition) is 2. The van der Waals surface area contributed by atoms with Gasteiger partial charge in [0.25, 0.3) is 0 Å². The molecule has 0 aliphatic rings. The Kier molecular flexibility index (Phi) is 6.96. The van der Waals surface area contributed by atoms with Gasteiger partial charge in [-0.2, -0.15) is 0 Å². The highest BCUT2D eigenvalue weighted by atomic mass is 19.1. The number of amides is 2. The summed E-state index contributed by atoms with van der Waals surface area (Å²) in [4.78, 5) is 26.2. The second-order valence-electron chi connectivity index (χ2n) is 7.45. The van der Waals surface area contributed by atoms with E-state index in [9.17, 15) is 14.0 Å². The van der Waals surface area contributed by atoms with Crippen LogP contribution in [-0.4, -0.2) is 17.9 Å². The van der Waals surface area contributed by atoms with Crippen molar-refractivity contribution in [2.45, 2.75) is 25.8 Å². The summed E-state index contributed by atoms with van der Waals surface area (Å²) in [6.07, 6.45) is 0. The summed E-state index contributed by atoms with van der Waals surface area (Å²) >= 11 is 0. The van der Waals surface area contributed by atoms with E-state index in [-0.39, 0.29) is 17.5 Å². The van der Waals surface area contributed by atoms with E-state index in [0.29, 0.717) is 0 Å². The molecule has 4 nitrogen and oxygen atoms in total. The lowest BCUT2D eigenvalue weighted by Gasteiger charge is -2.25. The van der Waals surface area contributed by atoms with Gasteiger partial charge in [0.1, 0.15) is 11.9 Å². The number of halogens is 1. The van der Waals surface area contributed by atoms with E-state index < -0.39 is 23.7 Å². The predicted molar refractivity (Wildman–Crippen MR) is 117 cm³/mol. The van der Waals surface area contributed by atoms with Gasteiger partial charge in [-0.1, -0.05) is 86.6 Å². The van der Waals surface area contributed by atoms with Gasteiger partial charge in [0, 0.05) is 0 Å². The number of nitrogens with one attached hydrogen (secondary N) is 2. The van der Waals surface area contributed by atoms with Crippen molar-refractivity contribution in [1.29, 1.82) is 0 Å². The van der Waals surface area contributed by atoms with Crippen LogP contribution in [0.25, 0.3) is 0 Å². The lowest BCUT2D eigenvalue weighted by atomic mass is 9.89. The molecule has 0 fully saturated rings. The molecule has 0 aliphatic heterocycles. The van der Waals surface area contributed by atoms with E-state index >= 15 is 0 Å². The molecule has 0 aromatic heterocycles. The number of hydrogen-bond donors (Lipinski definition) is 2. The molecule has 0 saturated heterocycles. The van der Waals surface area contributed by atoms with Crippen molar-refractivity contribution in [2.24, 2.45) is 5.92 Å². The quantitative estimate of drug-likeness (QED) is 0.598. The van der Waals surface area contributed by atoms with Crippen LogP contribution in [0.2, 0.25) is 0 Å². The number of anilines is 1. The molecule has 3 rings (SSSR count). The summed E-state index contributed by atoms with van der Waals surface area (Å²) in [5.41, 5.74) is 1.75. The Bertz CT molecular complexity index is 951. The van der Waals surface area contributed by atoms with Gasteiger partial charge in [0.2, 0.25) is 11.8 Å². The molecule has 30 heavy (non-hydrogen) atoms. The van der Waals surface area contributed by atoms with Crippen LogP contribution in [0.3, 0.4) is 0 Å². The second kappa shape index (κ2) is 9.83. The van der Waals surface area contributed by atoms with Crippen molar-refractivity contribution < 1.29 is 14.0 Å². The fraction of sp³-hybridized carbons (Fsp3) is 0.200. The highest BCUT2D eigenvalue weighted by molar-refractivity contribution is 5.99. The third kappa shape index (κ3) is 5.11. The third-order valence-corrected chi connectivity index (χ3v) is 4.91. The Morgan fingerprint density at radius 3 is 1.73 bits per heavy atom. The van der Waals surface area contributed by atoms with Crippen molar-refractivity contribution in [3.05, 3.63) is 102 Å². The van der Waals surface area contributed by atoms with Crippen LogP contribution in [0.5, 0.6) is 0 Å². The minimum Gasteiger partial charge on any atom is -0.343 e. The first-order valence-corrected chi connectivity index (χ1v) is 9.93. The number of carbonyl (C=O) groups excluding carboxylic acids is 2. The lowest BCUT2D eigenvalue weighted by molar-refractivity contribution is -0.127. The van der Waals surface area contributed by atoms with E-state index in [4.69, 9.17) is 0 Å². The van der Waals surface area contributed by atoms with Gasteiger partial charge in [-0.3, -0.25) is 9.59 Å². The van der Waals surface area contributed by atoms with Gasteiger partial charge >= 0.3 is 0 Å². The maximum absolute atomic E-state index is 13.9. The first-order valence-electron chi connectivity index (χ1n) is 9.93. The average molecular weight is 404 g/mol. The summed E-state index contributed by atoms with van der Waals surface area (Å²) < 4.78 is 13.9. The summed E-state index contributed by atoms with van der Waals surface area (Å²) in [7, 11) is 0. The topological polar surface area (TPSA) is 58.2 Å². The van der Waals surface area contributed by atoms with Gasteiger partial charge in [-0.25, -0.2) is 4.39 Å². The van der Waals surface area contributed by atoms with Crippen molar-refractivity contribution in [3.63, 3.8) is 0 Å². The lowest BCUT2D eigenvalue weighted by Crippen LogP contribution is -2.48. The summed E-state index contributed by atoms with van der Waals surface area (Å²) in [6.45, 7) is 3.68. The zero-order chi connectivity index (χ0) is 21.5. The Morgan fingerprint density at radius 1 is 0.733 bits per heavy atom. The van der Waals surface area contributed by atoms with Gasteiger partial charge in [0.05, 0.1) is 11.6 Å². The van der Waals surface area contributed by atoms with E-state index in [1.807, 2.05) is 74.5 Å². The number of para-hydroxylation sites is 1. The van der Waals surface area contributed by atoms with Crippen molar-refractivity contribution in [1.82, 2.24) is 5.32 Å². The average Bonchev–Trinajstić information content (AvgIpc) is 2.75. The van der Waals surface area contributed by atoms with Crippen LogP contribution >= 0.6 is 0 Å². The van der Waals surface area contributed by atoms with E-state index in [2.05, 4.69) is 10.6 Å². The van der Waals surface area contributed by atoms with Gasteiger partial charge in [-0.15, -0.1) is 0 Å². The molecule has 154 valence electrons. The Labute approximate surface area is 176 Å². The molecular formula is C25H25FN2O2. The zero-order valence-electron chi connectivity index (χ0n) is 17.0. The molecule has 0 heterocycles. The monoisotopic (exact) mass is 404 g/mol. The van der Waals surface area contributed by atoms with Gasteiger partial charge in [-0.05, 0) is 29.2 Å². The van der Waals surface area contributed by atoms with Crippen molar-refractivity contribution >= 4 is 17.5 Å². The molecule has 1 atom stereocenters. The van der Waals surface area contributed by atoms with Crippen molar-refractivity contribution in [2.75, 3.05) is 5.32 Å². The molecule has 5 heteroatoms. The largest absolute Gasteiger partial charge is 0.343 e. The molecule has 3 aromatic carbocycles. The number of benzene rings is 3. The van der Waals surface area contributed by atoms with Crippen LogP contribution in [-0.2, 0) is 9.59 Å². The van der Waals surface area contributed by atoms with Gasteiger partial charge in [0.15, 0.2) is 0 Å². The molecule has 3 aromatic rings. The fourth-order valence-electron chi connectivity index (χ4n) is 3.33. The third-order valence-electron chi connectivity index (χ3n) is 4.91. The van der Waals surface area contributed by atoms with Crippen LogP contribution < -0.4 is 10.6 Å². The zero-order valence-corrected chi connectivity index (χ0v) is 17.0. The normalized spacial score (nSPS) is 11.9. The molecule has 2 amide bonds. The van der Waals surface area contributed by atoms with Crippen LogP contribution in [0, 0.1) is 11.7 Å². The standard InChI is InChI=1S/C25H25FN2O2/c1-17(2)23(25(30)27-21-16-10-9-15-20(21)26)28-24(29)22(18-11-5-3-6-12-18)19-13-7-4-8-14-19/h3-17,22-23H,1-2H3,(H,27,30)(H,28,29)/t23-/m0/s1. The fourth-order valence-corrected chi connectivity index (χ4v) is 3.33. The molecule has 0 spiro atoms. The van der Waals surface area contributed by atoms with Crippen LogP contribution in [0.4, 0.5) is 10.1 Å². The van der Waals surface area contributed by atoms with E-state index in [1.165, 1.54) is 12.1 Å². The molecule has 0 radical (unpaired) electrons. The van der Waals surface area contributed by atoms with Crippen molar-refractivity contribution in [3.8, 4) is 0 Å². The summed E-state index contributed by atoms with van der Waals surface area (Å²) in [6, 6.07) is 24.0. The molecule has 0 bridgehead atoms. The van der Waals surface area contributed by atoms with E-state index in [0.717, 1.165) is 11.1 Å². The SMILES string of the molecule is CC(C)[C@H](NC(=O)C(c1ccccc1)c1ccccc1)C(=O)Nc1ccccc1F. The number of carbonyl (C=O) groups is 2. The molecule has 2 N–H and O–H groups in total. The first-order chi connectivity index (χ1) is 14.5.